The molecule has 6 heteroatoms. The molecule has 0 aromatic heterocycles. The Balaban J connectivity index is 0.00000242. The third-order valence-electron chi connectivity index (χ3n) is 4.05. The van der Waals surface area contributed by atoms with Gasteiger partial charge >= 0.3 is 0 Å². The first-order valence-electron chi connectivity index (χ1n) is 7.61. The monoisotopic (exact) mass is 436 g/mol. The van der Waals surface area contributed by atoms with Crippen LogP contribution in [0.25, 0.3) is 0 Å². The second kappa shape index (κ2) is 9.57. The fraction of sp³-hybridized carbons (Fsp3) is 0.562. The van der Waals surface area contributed by atoms with Crippen molar-refractivity contribution in [1.82, 2.24) is 10.2 Å². The normalized spacial score (nSPS) is 23.0. The first-order chi connectivity index (χ1) is 10.1. The molecule has 1 aromatic carbocycles. The van der Waals surface area contributed by atoms with Gasteiger partial charge in [-0.2, -0.15) is 0 Å². The van der Waals surface area contributed by atoms with Gasteiger partial charge in [-0.25, -0.2) is 0 Å². The van der Waals surface area contributed by atoms with Gasteiger partial charge in [0.15, 0.2) is 5.96 Å². The van der Waals surface area contributed by atoms with E-state index in [4.69, 9.17) is 17.3 Å². The number of nitrogens with two attached hydrogens (primary N) is 1. The highest BCUT2D eigenvalue weighted by atomic mass is 127. The lowest BCUT2D eigenvalue weighted by molar-refractivity contribution is 0.125. The average molecular weight is 437 g/mol. The number of benzene rings is 1. The van der Waals surface area contributed by atoms with E-state index in [1.165, 1.54) is 18.4 Å². The summed E-state index contributed by atoms with van der Waals surface area (Å²) in [5, 5.41) is 3.85. The smallest absolute Gasteiger partial charge is 0.188 e. The van der Waals surface area contributed by atoms with Crippen molar-refractivity contribution in [1.29, 1.82) is 0 Å². The summed E-state index contributed by atoms with van der Waals surface area (Å²) in [6, 6.07) is 8.52. The standard InChI is InChI=1S/C16H25ClN4.HI/c1-3-19-16(18)20-11-13-7-5-9-21(2)15(13)12-6-4-8-14(17)10-12;/h4,6,8,10,13,15H,3,5,7,9,11H2,1-2H3,(H3,18,19,20);1H. The molecule has 124 valence electrons. The zero-order valence-corrected chi connectivity index (χ0v) is 16.3. The molecular weight excluding hydrogens is 411 g/mol. The predicted octanol–water partition coefficient (Wildman–Crippen LogP) is 3.27. The minimum atomic E-state index is 0. The molecular formula is C16H26ClIN4. The maximum absolute atomic E-state index is 6.15. The summed E-state index contributed by atoms with van der Waals surface area (Å²) in [6.45, 7) is 4.68. The number of hydrogen-bond donors (Lipinski definition) is 2. The summed E-state index contributed by atoms with van der Waals surface area (Å²) in [4.78, 5) is 6.90. The first kappa shape index (κ1) is 19.5. The van der Waals surface area contributed by atoms with Crippen molar-refractivity contribution in [3.8, 4) is 0 Å². The van der Waals surface area contributed by atoms with Crippen molar-refractivity contribution >= 4 is 41.5 Å². The molecule has 2 atom stereocenters. The van der Waals surface area contributed by atoms with Gasteiger partial charge in [-0.15, -0.1) is 24.0 Å². The van der Waals surface area contributed by atoms with Crippen LogP contribution in [0.4, 0.5) is 0 Å². The van der Waals surface area contributed by atoms with E-state index in [-0.39, 0.29) is 24.0 Å². The summed E-state index contributed by atoms with van der Waals surface area (Å²) in [7, 11) is 2.18. The van der Waals surface area contributed by atoms with Crippen molar-refractivity contribution in [3.63, 3.8) is 0 Å². The second-order valence-electron chi connectivity index (χ2n) is 5.64. The van der Waals surface area contributed by atoms with Gasteiger partial charge in [0, 0.05) is 24.2 Å². The van der Waals surface area contributed by atoms with Crippen LogP contribution in [0.15, 0.2) is 29.3 Å². The van der Waals surface area contributed by atoms with Gasteiger partial charge in [0.1, 0.15) is 0 Å². The van der Waals surface area contributed by atoms with Gasteiger partial charge in [0.05, 0.1) is 0 Å². The molecule has 0 aliphatic carbocycles. The van der Waals surface area contributed by atoms with Crippen LogP contribution in [-0.2, 0) is 0 Å². The molecule has 1 saturated heterocycles. The molecule has 0 spiro atoms. The van der Waals surface area contributed by atoms with Crippen molar-refractivity contribution in [3.05, 3.63) is 34.9 Å². The van der Waals surface area contributed by atoms with E-state index in [0.29, 0.717) is 17.9 Å². The van der Waals surface area contributed by atoms with E-state index in [9.17, 15) is 0 Å². The molecule has 0 amide bonds. The maximum Gasteiger partial charge on any atom is 0.188 e. The fourth-order valence-electron chi connectivity index (χ4n) is 3.12. The molecule has 0 saturated carbocycles. The Kier molecular flexibility index (Phi) is 8.49. The number of nitrogens with one attached hydrogen (secondary N) is 1. The van der Waals surface area contributed by atoms with Crippen molar-refractivity contribution in [2.75, 3.05) is 26.7 Å². The Morgan fingerprint density at radius 2 is 2.27 bits per heavy atom. The van der Waals surface area contributed by atoms with E-state index in [0.717, 1.165) is 24.7 Å². The summed E-state index contributed by atoms with van der Waals surface area (Å²) < 4.78 is 0. The maximum atomic E-state index is 6.15. The van der Waals surface area contributed by atoms with Gasteiger partial charge in [0.2, 0.25) is 0 Å². The molecule has 0 radical (unpaired) electrons. The highest BCUT2D eigenvalue weighted by Crippen LogP contribution is 2.35. The van der Waals surface area contributed by atoms with E-state index < -0.39 is 0 Å². The number of likely N-dealkylation sites (tertiary alicyclic amines) is 1. The number of piperidine rings is 1. The lowest BCUT2D eigenvalue weighted by Crippen LogP contribution is -2.38. The Bertz CT molecular complexity index is 495. The first-order valence-corrected chi connectivity index (χ1v) is 7.99. The SMILES string of the molecule is CCNC(N)=NCC1CCCN(C)C1c1cccc(Cl)c1.I. The molecule has 2 unspecified atom stereocenters. The van der Waals surface area contributed by atoms with Crippen molar-refractivity contribution in [2.24, 2.45) is 16.6 Å². The van der Waals surface area contributed by atoms with Crippen LogP contribution in [-0.4, -0.2) is 37.5 Å². The van der Waals surface area contributed by atoms with Gasteiger partial charge < -0.3 is 11.1 Å². The second-order valence-corrected chi connectivity index (χ2v) is 6.08. The van der Waals surface area contributed by atoms with Crippen molar-refractivity contribution < 1.29 is 0 Å². The molecule has 1 fully saturated rings. The van der Waals surface area contributed by atoms with E-state index in [2.05, 4.69) is 34.4 Å². The molecule has 1 heterocycles. The molecule has 1 aliphatic heterocycles. The van der Waals surface area contributed by atoms with Crippen LogP contribution in [0.2, 0.25) is 5.02 Å². The van der Waals surface area contributed by atoms with Gasteiger partial charge in [-0.3, -0.25) is 9.89 Å². The van der Waals surface area contributed by atoms with Crippen molar-refractivity contribution in [2.45, 2.75) is 25.8 Å². The van der Waals surface area contributed by atoms with Crippen LogP contribution in [0.1, 0.15) is 31.4 Å². The van der Waals surface area contributed by atoms with Gasteiger partial charge in [0.25, 0.3) is 0 Å². The molecule has 4 nitrogen and oxygen atoms in total. The summed E-state index contributed by atoms with van der Waals surface area (Å²) in [6.07, 6.45) is 2.37. The van der Waals surface area contributed by atoms with Crippen LogP contribution < -0.4 is 11.1 Å². The molecule has 3 N–H and O–H groups in total. The van der Waals surface area contributed by atoms with Gasteiger partial charge in [-0.05, 0) is 57.0 Å². The Hall–Kier alpha value is -0.530. The number of aliphatic imine (C=N–C) groups is 1. The number of halogens is 2. The Labute approximate surface area is 155 Å². The van der Waals surface area contributed by atoms with Crippen LogP contribution >= 0.6 is 35.6 Å². The minimum absolute atomic E-state index is 0. The molecule has 0 bridgehead atoms. The Morgan fingerprint density at radius 1 is 1.50 bits per heavy atom. The number of hydrogen-bond acceptors (Lipinski definition) is 2. The fourth-order valence-corrected chi connectivity index (χ4v) is 3.32. The molecule has 2 rings (SSSR count). The minimum Gasteiger partial charge on any atom is -0.370 e. The number of nitrogens with zero attached hydrogens (tertiary/aromatic N) is 2. The zero-order valence-electron chi connectivity index (χ0n) is 13.3. The summed E-state index contributed by atoms with van der Waals surface area (Å²) in [5.74, 6) is 1.01. The highest BCUT2D eigenvalue weighted by molar-refractivity contribution is 14.0. The lowest BCUT2D eigenvalue weighted by Gasteiger charge is -2.39. The number of guanidine groups is 1. The van der Waals surface area contributed by atoms with Gasteiger partial charge in [-0.1, -0.05) is 23.7 Å². The topological polar surface area (TPSA) is 53.6 Å². The van der Waals surface area contributed by atoms with E-state index in [1.54, 1.807) is 0 Å². The average Bonchev–Trinajstić information content (AvgIpc) is 2.45. The summed E-state index contributed by atoms with van der Waals surface area (Å²) in [5.41, 5.74) is 7.12. The third kappa shape index (κ3) is 5.28. The van der Waals surface area contributed by atoms with E-state index in [1.807, 2.05) is 19.1 Å². The lowest BCUT2D eigenvalue weighted by atomic mass is 9.85. The zero-order chi connectivity index (χ0) is 15.2. The summed E-state index contributed by atoms with van der Waals surface area (Å²) >= 11 is 6.15. The van der Waals surface area contributed by atoms with Crippen LogP contribution in [0.3, 0.4) is 0 Å². The molecule has 1 aliphatic rings. The van der Waals surface area contributed by atoms with Crippen LogP contribution in [0.5, 0.6) is 0 Å². The van der Waals surface area contributed by atoms with Crippen LogP contribution in [0, 0.1) is 5.92 Å². The highest BCUT2D eigenvalue weighted by Gasteiger charge is 2.30. The molecule has 22 heavy (non-hydrogen) atoms. The third-order valence-corrected chi connectivity index (χ3v) is 4.29. The Morgan fingerprint density at radius 3 is 2.95 bits per heavy atom. The number of rotatable bonds is 4. The quantitative estimate of drug-likeness (QED) is 0.433. The molecule has 1 aromatic rings. The van der Waals surface area contributed by atoms with E-state index >= 15 is 0 Å². The predicted molar refractivity (Wildman–Crippen MR) is 105 cm³/mol. The largest absolute Gasteiger partial charge is 0.370 e.